The lowest BCUT2D eigenvalue weighted by atomic mass is 9.60. The predicted molar refractivity (Wildman–Crippen MR) is 111 cm³/mol. The summed E-state index contributed by atoms with van der Waals surface area (Å²) >= 11 is 0. The fourth-order valence-electron chi connectivity index (χ4n) is 6.07. The number of ether oxygens (including phenoxy) is 1. The van der Waals surface area contributed by atoms with Crippen LogP contribution in [0.3, 0.4) is 0 Å². The van der Waals surface area contributed by atoms with Crippen molar-refractivity contribution in [2.24, 2.45) is 17.3 Å². The second-order valence-electron chi connectivity index (χ2n) is 9.39. The van der Waals surface area contributed by atoms with Crippen LogP contribution in [0.5, 0.6) is 0 Å². The molecule has 3 heteroatoms. The molecule has 0 saturated heterocycles. The van der Waals surface area contributed by atoms with Gasteiger partial charge in [0.2, 0.25) is 0 Å². The van der Waals surface area contributed by atoms with Crippen molar-refractivity contribution in [2.45, 2.75) is 90.6 Å². The molecule has 0 aromatic carbocycles. The molecule has 4 aliphatic rings. The number of hydrogen-bond donors (Lipinski definition) is 0. The van der Waals surface area contributed by atoms with E-state index in [1.54, 1.807) is 0 Å². The molecule has 1 saturated carbocycles. The van der Waals surface area contributed by atoms with Gasteiger partial charge in [0.25, 0.3) is 0 Å². The monoisotopic (exact) mass is 382 g/mol. The van der Waals surface area contributed by atoms with Gasteiger partial charge in [-0.2, -0.15) is 0 Å². The summed E-state index contributed by atoms with van der Waals surface area (Å²) in [6, 6.07) is 0. The molecule has 28 heavy (non-hydrogen) atoms. The number of fused-ring (bicyclic) bond motifs is 4. The number of allylic oxidation sites excluding steroid dienone is 5. The summed E-state index contributed by atoms with van der Waals surface area (Å²) in [4.78, 5) is 24.2. The zero-order chi connectivity index (χ0) is 19.7. The normalized spacial score (nSPS) is 33.9. The summed E-state index contributed by atoms with van der Waals surface area (Å²) in [5.74, 6) is 1.38. The maximum absolute atomic E-state index is 12.4. The summed E-state index contributed by atoms with van der Waals surface area (Å²) in [5, 5.41) is 0. The molecule has 0 aromatic heterocycles. The summed E-state index contributed by atoms with van der Waals surface area (Å²) in [7, 11) is 0. The van der Waals surface area contributed by atoms with Crippen molar-refractivity contribution < 1.29 is 14.3 Å². The summed E-state index contributed by atoms with van der Waals surface area (Å²) < 4.78 is 6.00. The minimum absolute atomic E-state index is 0.0137. The number of rotatable bonds is 6. The van der Waals surface area contributed by atoms with Crippen LogP contribution in [0.25, 0.3) is 0 Å². The molecule has 3 nitrogen and oxygen atoms in total. The van der Waals surface area contributed by atoms with E-state index in [4.69, 9.17) is 4.74 Å². The molecule has 0 bridgehead atoms. The van der Waals surface area contributed by atoms with Crippen LogP contribution in [0, 0.1) is 17.3 Å². The maximum atomic E-state index is 12.4. The van der Waals surface area contributed by atoms with Gasteiger partial charge < -0.3 is 4.74 Å². The zero-order valence-electron chi connectivity index (χ0n) is 17.5. The molecule has 0 amide bonds. The molecule has 0 spiro atoms. The van der Waals surface area contributed by atoms with Crippen molar-refractivity contribution in [3.63, 3.8) is 0 Å². The molecule has 1 fully saturated rings. The smallest absolute Gasteiger partial charge is 0.306 e. The van der Waals surface area contributed by atoms with Gasteiger partial charge in [0.15, 0.2) is 5.78 Å². The Bertz CT molecular complexity index is 741. The minimum Gasteiger partial charge on any atom is -0.461 e. The van der Waals surface area contributed by atoms with Gasteiger partial charge in [-0.05, 0) is 73.2 Å². The molecule has 0 aromatic rings. The van der Waals surface area contributed by atoms with Crippen LogP contribution in [0.2, 0.25) is 0 Å². The Morgan fingerprint density at radius 1 is 1.14 bits per heavy atom. The highest BCUT2D eigenvalue weighted by atomic mass is 16.5. The van der Waals surface area contributed by atoms with Gasteiger partial charge in [-0.3, -0.25) is 9.59 Å². The lowest BCUT2D eigenvalue weighted by Gasteiger charge is -2.45. The van der Waals surface area contributed by atoms with E-state index in [1.807, 2.05) is 6.08 Å². The first-order valence-corrected chi connectivity index (χ1v) is 11.4. The fraction of sp³-hybridized carbons (Fsp3) is 0.680. The quantitative estimate of drug-likeness (QED) is 0.427. The molecule has 4 atom stereocenters. The van der Waals surface area contributed by atoms with E-state index in [-0.39, 0.29) is 23.3 Å². The second kappa shape index (κ2) is 8.00. The van der Waals surface area contributed by atoms with Gasteiger partial charge in [0, 0.05) is 18.3 Å². The van der Waals surface area contributed by atoms with Crippen molar-refractivity contribution in [3.05, 3.63) is 34.9 Å². The Balaban J connectivity index is 1.49. The predicted octanol–water partition coefficient (Wildman–Crippen LogP) is 5.85. The largest absolute Gasteiger partial charge is 0.461 e. The third-order valence-corrected chi connectivity index (χ3v) is 7.67. The van der Waals surface area contributed by atoms with Crippen molar-refractivity contribution in [3.8, 4) is 0 Å². The first-order valence-electron chi connectivity index (χ1n) is 11.4. The Labute approximate surface area is 169 Å². The summed E-state index contributed by atoms with van der Waals surface area (Å²) in [6.45, 7) is 4.49. The van der Waals surface area contributed by atoms with Gasteiger partial charge in [0.05, 0.1) is 0 Å². The third-order valence-electron chi connectivity index (χ3n) is 7.67. The van der Waals surface area contributed by atoms with Crippen LogP contribution < -0.4 is 0 Å². The Kier molecular flexibility index (Phi) is 5.62. The van der Waals surface area contributed by atoms with E-state index in [0.29, 0.717) is 24.7 Å². The molecule has 0 heterocycles. The SMILES string of the molecule is CCCCCCC(=O)O[C@H]1CCC2C3CCC4=CC(=O)CCC4=C3C=C[C@@]21C. The number of hydrogen-bond acceptors (Lipinski definition) is 3. The highest BCUT2D eigenvalue weighted by molar-refractivity contribution is 5.93. The van der Waals surface area contributed by atoms with Crippen LogP contribution in [-0.4, -0.2) is 17.9 Å². The first-order chi connectivity index (χ1) is 13.5. The van der Waals surface area contributed by atoms with E-state index in [0.717, 1.165) is 44.9 Å². The molecule has 0 radical (unpaired) electrons. The van der Waals surface area contributed by atoms with Gasteiger partial charge in [-0.25, -0.2) is 0 Å². The van der Waals surface area contributed by atoms with Crippen molar-refractivity contribution >= 4 is 11.8 Å². The Hall–Kier alpha value is -1.64. The van der Waals surface area contributed by atoms with Crippen molar-refractivity contribution in [1.29, 1.82) is 0 Å². The molecule has 4 rings (SSSR count). The highest BCUT2D eigenvalue weighted by Crippen LogP contribution is 2.57. The van der Waals surface area contributed by atoms with Gasteiger partial charge >= 0.3 is 5.97 Å². The van der Waals surface area contributed by atoms with Crippen LogP contribution in [0.15, 0.2) is 34.9 Å². The molecule has 2 unspecified atom stereocenters. The number of unbranched alkanes of at least 4 members (excludes halogenated alkanes) is 3. The van der Waals surface area contributed by atoms with E-state index in [1.165, 1.54) is 29.6 Å². The van der Waals surface area contributed by atoms with Crippen LogP contribution in [-0.2, 0) is 14.3 Å². The van der Waals surface area contributed by atoms with Gasteiger partial charge in [-0.1, -0.05) is 45.3 Å². The van der Waals surface area contributed by atoms with E-state index in [9.17, 15) is 9.59 Å². The molecule has 0 N–H and O–H groups in total. The fourth-order valence-corrected chi connectivity index (χ4v) is 6.07. The second-order valence-corrected chi connectivity index (χ2v) is 9.39. The molecule has 4 aliphatic carbocycles. The molecular formula is C25H34O3. The zero-order valence-corrected chi connectivity index (χ0v) is 17.5. The number of carbonyl (C=O) groups is 2. The topological polar surface area (TPSA) is 43.4 Å². The van der Waals surface area contributed by atoms with Crippen LogP contribution in [0.4, 0.5) is 0 Å². The van der Waals surface area contributed by atoms with Crippen LogP contribution >= 0.6 is 0 Å². The summed E-state index contributed by atoms with van der Waals surface area (Å²) in [5.41, 5.74) is 4.15. The molecule has 152 valence electrons. The van der Waals surface area contributed by atoms with Gasteiger partial charge in [-0.15, -0.1) is 0 Å². The number of ketones is 1. The highest BCUT2D eigenvalue weighted by Gasteiger charge is 2.53. The van der Waals surface area contributed by atoms with Gasteiger partial charge in [0.1, 0.15) is 6.10 Å². The standard InChI is InChI=1S/C25H34O3/c1-3-4-5-6-7-24(27)28-23-13-12-22-21-10-8-17-16-18(26)9-11-19(17)20(21)14-15-25(22,23)2/h14-16,21-23H,3-13H2,1-2H3/t21?,22?,23-,25-/m0/s1. The number of esters is 1. The maximum Gasteiger partial charge on any atom is 0.306 e. The first kappa shape index (κ1) is 19.7. The Morgan fingerprint density at radius 2 is 2.00 bits per heavy atom. The lowest BCUT2D eigenvalue weighted by molar-refractivity contribution is -0.153. The van der Waals surface area contributed by atoms with Crippen LogP contribution in [0.1, 0.15) is 84.5 Å². The number of carbonyl (C=O) groups excluding carboxylic acids is 2. The Morgan fingerprint density at radius 3 is 2.82 bits per heavy atom. The average molecular weight is 383 g/mol. The summed E-state index contributed by atoms with van der Waals surface area (Å²) in [6.07, 6.45) is 17.4. The molecular weight excluding hydrogens is 348 g/mol. The van der Waals surface area contributed by atoms with E-state index >= 15 is 0 Å². The lowest BCUT2D eigenvalue weighted by Crippen LogP contribution is -2.40. The van der Waals surface area contributed by atoms with E-state index in [2.05, 4.69) is 26.0 Å². The molecule has 0 aliphatic heterocycles. The van der Waals surface area contributed by atoms with Crippen molar-refractivity contribution in [1.82, 2.24) is 0 Å². The minimum atomic E-state index is -0.0422. The third kappa shape index (κ3) is 3.53. The van der Waals surface area contributed by atoms with Crippen molar-refractivity contribution in [2.75, 3.05) is 0 Å². The average Bonchev–Trinajstić information content (AvgIpc) is 3.01. The van der Waals surface area contributed by atoms with E-state index < -0.39 is 0 Å².